The van der Waals surface area contributed by atoms with Crippen molar-refractivity contribution in [3.63, 3.8) is 0 Å². The molecule has 0 aliphatic rings. The van der Waals surface area contributed by atoms with E-state index in [9.17, 15) is 29.1 Å². The van der Waals surface area contributed by atoms with Gasteiger partial charge >= 0.3 is 11.9 Å². The van der Waals surface area contributed by atoms with Gasteiger partial charge in [0, 0.05) is 18.6 Å². The van der Waals surface area contributed by atoms with Gasteiger partial charge in [-0.15, -0.1) is 0 Å². The van der Waals surface area contributed by atoms with Crippen molar-refractivity contribution in [3.8, 4) is 5.75 Å². The van der Waals surface area contributed by atoms with Gasteiger partial charge in [0.2, 0.25) is 17.7 Å². The molecular weight excluding hydrogens is 456 g/mol. The van der Waals surface area contributed by atoms with Gasteiger partial charge in [0.05, 0.1) is 6.04 Å². The summed E-state index contributed by atoms with van der Waals surface area (Å²) in [5.41, 5.74) is 6.28. The monoisotopic (exact) mass is 484 g/mol. The molecule has 0 bridgehead atoms. The van der Waals surface area contributed by atoms with Gasteiger partial charge in [0.15, 0.2) is 0 Å². The lowest BCUT2D eigenvalue weighted by molar-refractivity contribution is -0.141. The largest absolute Gasteiger partial charge is 0.508 e. The number of hydrogen-bond donors (Lipinski definition) is 8. The molecule has 1 rings (SSSR count). The number of hydrogen-bond acceptors (Lipinski definition) is 8. The topological polar surface area (TPSA) is 208 Å². The Kier molecular flexibility index (Phi) is 11.2. The second kappa shape index (κ2) is 13.3. The molecule has 12 nitrogen and oxygen atoms in total. The molecule has 0 radical (unpaired) electrons. The number of benzene rings is 1. The predicted molar refractivity (Wildman–Crippen MR) is 120 cm³/mol. The molecule has 33 heavy (non-hydrogen) atoms. The molecule has 0 fully saturated rings. The summed E-state index contributed by atoms with van der Waals surface area (Å²) in [6, 6.07) is 1.07. The van der Waals surface area contributed by atoms with Crippen LogP contribution in [0.25, 0.3) is 0 Å². The van der Waals surface area contributed by atoms with Crippen LogP contribution in [-0.4, -0.2) is 74.9 Å². The molecule has 3 amide bonds. The fourth-order valence-corrected chi connectivity index (χ4v) is 2.87. The number of thiol groups is 1. The van der Waals surface area contributed by atoms with E-state index in [1.807, 2.05) is 0 Å². The standard InChI is InChI=1S/C20H28N4O8S/c1-10(20(31)32)22-19(30)15(9-33)24-18(29)14(8-11-2-4-12(25)5-3-11)23-17(28)13(21)6-7-16(26)27/h2-5,10,13-15,25,33H,6-9,21H2,1H3,(H,22,30)(H,23,28)(H,24,29)(H,26,27)(H,31,32). The average Bonchev–Trinajstić information content (AvgIpc) is 2.76. The number of carbonyl (C=O) groups excluding carboxylic acids is 3. The maximum Gasteiger partial charge on any atom is 0.325 e. The van der Waals surface area contributed by atoms with Gasteiger partial charge in [-0.3, -0.25) is 24.0 Å². The number of aliphatic carboxylic acids is 2. The number of carbonyl (C=O) groups is 5. The molecule has 13 heteroatoms. The summed E-state index contributed by atoms with van der Waals surface area (Å²) in [4.78, 5) is 59.3. The number of carboxylic acid groups (broad SMARTS) is 2. The zero-order valence-electron chi connectivity index (χ0n) is 17.9. The Hall–Kier alpha value is -3.32. The molecule has 0 aliphatic heterocycles. The maximum absolute atomic E-state index is 12.9. The van der Waals surface area contributed by atoms with Gasteiger partial charge in [0.1, 0.15) is 23.9 Å². The highest BCUT2D eigenvalue weighted by molar-refractivity contribution is 7.80. The first-order chi connectivity index (χ1) is 15.4. The molecule has 0 aromatic heterocycles. The minimum absolute atomic E-state index is 0.00107. The molecule has 0 spiro atoms. The van der Waals surface area contributed by atoms with Crippen molar-refractivity contribution >= 4 is 42.3 Å². The van der Waals surface area contributed by atoms with Crippen molar-refractivity contribution in [2.75, 3.05) is 5.75 Å². The highest BCUT2D eigenvalue weighted by Gasteiger charge is 2.29. The second-order valence-electron chi connectivity index (χ2n) is 7.28. The molecule has 4 unspecified atom stereocenters. The van der Waals surface area contributed by atoms with Crippen molar-refractivity contribution in [3.05, 3.63) is 29.8 Å². The first-order valence-electron chi connectivity index (χ1n) is 9.94. The van der Waals surface area contributed by atoms with E-state index >= 15 is 0 Å². The molecule has 0 heterocycles. The van der Waals surface area contributed by atoms with E-state index in [1.165, 1.54) is 31.2 Å². The number of rotatable bonds is 13. The third kappa shape index (κ3) is 9.78. The molecule has 0 saturated carbocycles. The molecular formula is C20H28N4O8S. The molecule has 0 saturated heterocycles. The molecule has 1 aromatic rings. The first kappa shape index (κ1) is 27.7. The van der Waals surface area contributed by atoms with Crippen LogP contribution in [0.3, 0.4) is 0 Å². The van der Waals surface area contributed by atoms with Gasteiger partial charge in [-0.1, -0.05) is 12.1 Å². The van der Waals surface area contributed by atoms with Crippen molar-refractivity contribution in [2.45, 2.75) is 50.4 Å². The van der Waals surface area contributed by atoms with Crippen molar-refractivity contribution in [2.24, 2.45) is 5.73 Å². The summed E-state index contributed by atoms with van der Waals surface area (Å²) >= 11 is 4.02. The lowest BCUT2D eigenvalue weighted by atomic mass is 10.0. The lowest BCUT2D eigenvalue weighted by Crippen LogP contribution is -2.58. The van der Waals surface area contributed by atoms with Gasteiger partial charge in [-0.25, -0.2) is 0 Å². The van der Waals surface area contributed by atoms with E-state index in [-0.39, 0.29) is 30.8 Å². The Balaban J connectivity index is 2.97. The van der Waals surface area contributed by atoms with E-state index in [1.54, 1.807) is 0 Å². The third-order valence-electron chi connectivity index (χ3n) is 4.56. The van der Waals surface area contributed by atoms with E-state index in [2.05, 4.69) is 28.6 Å². The predicted octanol–water partition coefficient (Wildman–Crippen LogP) is -1.38. The molecule has 182 valence electrons. The summed E-state index contributed by atoms with van der Waals surface area (Å²) in [6.45, 7) is 1.25. The van der Waals surface area contributed by atoms with Crippen LogP contribution in [0, 0.1) is 0 Å². The zero-order valence-corrected chi connectivity index (χ0v) is 18.7. The highest BCUT2D eigenvalue weighted by atomic mass is 32.1. The number of phenols is 1. The van der Waals surface area contributed by atoms with Gasteiger partial charge in [0.25, 0.3) is 0 Å². The Morgan fingerprint density at radius 1 is 0.939 bits per heavy atom. The highest BCUT2D eigenvalue weighted by Crippen LogP contribution is 2.12. The van der Waals surface area contributed by atoms with Gasteiger partial charge in [-0.2, -0.15) is 12.6 Å². The van der Waals surface area contributed by atoms with Crippen LogP contribution in [0.5, 0.6) is 5.75 Å². The quantitative estimate of drug-likeness (QED) is 0.155. The molecule has 1 aromatic carbocycles. The number of aromatic hydroxyl groups is 1. The summed E-state index contributed by atoms with van der Waals surface area (Å²) < 4.78 is 0. The van der Waals surface area contributed by atoms with Crippen LogP contribution in [0.2, 0.25) is 0 Å². The number of amides is 3. The Labute approximate surface area is 195 Å². The fraction of sp³-hybridized carbons (Fsp3) is 0.450. The van der Waals surface area contributed by atoms with Crippen LogP contribution in [0.15, 0.2) is 24.3 Å². The summed E-state index contributed by atoms with van der Waals surface area (Å²) in [7, 11) is 0. The molecule has 4 atom stereocenters. The van der Waals surface area contributed by atoms with Crippen molar-refractivity contribution in [1.29, 1.82) is 0 Å². The van der Waals surface area contributed by atoms with Crippen molar-refractivity contribution in [1.82, 2.24) is 16.0 Å². The smallest absolute Gasteiger partial charge is 0.325 e. The minimum atomic E-state index is -1.26. The van der Waals surface area contributed by atoms with E-state index in [4.69, 9.17) is 15.9 Å². The third-order valence-corrected chi connectivity index (χ3v) is 4.93. The molecule has 8 N–H and O–H groups in total. The summed E-state index contributed by atoms with van der Waals surface area (Å²) in [5, 5.41) is 34.2. The van der Waals surface area contributed by atoms with E-state index < -0.39 is 53.8 Å². The first-order valence-corrected chi connectivity index (χ1v) is 10.6. The Morgan fingerprint density at radius 3 is 2.00 bits per heavy atom. The number of nitrogens with two attached hydrogens (primary N) is 1. The van der Waals surface area contributed by atoms with Crippen LogP contribution in [0.1, 0.15) is 25.3 Å². The van der Waals surface area contributed by atoms with Gasteiger partial charge < -0.3 is 37.0 Å². The van der Waals surface area contributed by atoms with Gasteiger partial charge in [-0.05, 0) is 31.0 Å². The van der Waals surface area contributed by atoms with E-state index in [0.717, 1.165) is 0 Å². The normalized spacial score (nSPS) is 14.3. The Bertz CT molecular complexity index is 864. The number of carboxylic acids is 2. The van der Waals surface area contributed by atoms with Crippen LogP contribution in [0.4, 0.5) is 0 Å². The SMILES string of the molecule is CC(NC(=O)C(CS)NC(=O)C(Cc1ccc(O)cc1)NC(=O)C(N)CCC(=O)O)C(=O)O. The maximum atomic E-state index is 12.9. The van der Waals surface area contributed by atoms with Crippen LogP contribution < -0.4 is 21.7 Å². The van der Waals surface area contributed by atoms with Crippen LogP contribution in [-0.2, 0) is 30.4 Å². The summed E-state index contributed by atoms with van der Waals surface area (Å²) in [5.74, 6) is -4.85. The lowest BCUT2D eigenvalue weighted by Gasteiger charge is -2.24. The van der Waals surface area contributed by atoms with Crippen molar-refractivity contribution < 1.29 is 39.3 Å². The molecule has 0 aliphatic carbocycles. The number of phenolic OH excluding ortho intramolecular Hbond substituents is 1. The van der Waals surface area contributed by atoms with E-state index in [0.29, 0.717) is 5.56 Å². The summed E-state index contributed by atoms with van der Waals surface area (Å²) in [6.07, 6.45) is -0.521. The minimum Gasteiger partial charge on any atom is -0.508 e. The average molecular weight is 485 g/mol. The zero-order chi connectivity index (χ0) is 25.1. The Morgan fingerprint density at radius 2 is 1.48 bits per heavy atom. The van der Waals surface area contributed by atoms with Crippen LogP contribution >= 0.6 is 12.6 Å². The number of nitrogens with one attached hydrogen (secondary N) is 3. The fourth-order valence-electron chi connectivity index (χ4n) is 2.61. The second-order valence-corrected chi connectivity index (χ2v) is 7.65.